The van der Waals surface area contributed by atoms with Gasteiger partial charge in [0.05, 0.1) is 12.2 Å². The third-order valence-corrected chi connectivity index (χ3v) is 5.81. The lowest BCUT2D eigenvalue weighted by Crippen LogP contribution is -2.62. The molecule has 22 heavy (non-hydrogen) atoms. The Hall–Kier alpha value is -0.940. The monoisotopic (exact) mass is 309 g/mol. The zero-order valence-electron chi connectivity index (χ0n) is 13.8. The lowest BCUT2D eigenvalue weighted by Gasteiger charge is -2.54. The van der Waals surface area contributed by atoms with E-state index in [0.717, 1.165) is 25.7 Å². The molecule has 2 aliphatic carbocycles. The maximum absolute atomic E-state index is 12.6. The van der Waals surface area contributed by atoms with Crippen LogP contribution in [0.25, 0.3) is 0 Å². The normalized spacial score (nSPS) is 41.5. The topological polar surface area (TPSA) is 55.8 Å². The summed E-state index contributed by atoms with van der Waals surface area (Å²) in [5, 5.41) is 0. The summed E-state index contributed by atoms with van der Waals surface area (Å²) in [5.74, 6) is 0.229. The van der Waals surface area contributed by atoms with Crippen LogP contribution in [0.5, 0.6) is 0 Å². The van der Waals surface area contributed by atoms with E-state index in [0.29, 0.717) is 13.2 Å². The van der Waals surface area contributed by atoms with Crippen molar-refractivity contribution in [1.82, 2.24) is 4.90 Å². The number of imide groups is 1. The molecule has 1 saturated heterocycles. The molecule has 0 radical (unpaired) electrons. The van der Waals surface area contributed by atoms with Crippen LogP contribution in [0.15, 0.2) is 0 Å². The van der Waals surface area contributed by atoms with Gasteiger partial charge in [-0.1, -0.05) is 0 Å². The molecule has 124 valence electrons. The Labute approximate surface area is 132 Å². The molecule has 2 saturated carbocycles. The largest absolute Gasteiger partial charge is 0.378 e. The van der Waals surface area contributed by atoms with E-state index < -0.39 is 0 Å². The summed E-state index contributed by atoms with van der Waals surface area (Å²) in [4.78, 5) is 26.5. The van der Waals surface area contributed by atoms with E-state index in [-0.39, 0.29) is 47.7 Å². The Morgan fingerprint density at radius 3 is 1.73 bits per heavy atom. The molecule has 5 nitrogen and oxygen atoms in total. The van der Waals surface area contributed by atoms with Crippen LogP contribution in [0.3, 0.4) is 0 Å². The molecule has 3 rings (SSSR count). The van der Waals surface area contributed by atoms with Gasteiger partial charge in [0, 0.05) is 38.0 Å². The second kappa shape index (κ2) is 6.28. The first-order chi connectivity index (χ1) is 10.6. The third-order valence-electron chi connectivity index (χ3n) is 5.81. The first-order valence-electron chi connectivity index (χ1n) is 8.64. The Morgan fingerprint density at radius 1 is 0.864 bits per heavy atom. The van der Waals surface area contributed by atoms with Crippen molar-refractivity contribution in [1.29, 1.82) is 0 Å². The molecular weight excluding hydrogens is 282 g/mol. The number of amides is 2. The number of carbonyl (C=O) groups is 2. The molecule has 0 spiro atoms. The van der Waals surface area contributed by atoms with Gasteiger partial charge in [0.1, 0.15) is 0 Å². The van der Waals surface area contributed by atoms with E-state index in [1.165, 1.54) is 4.90 Å². The van der Waals surface area contributed by atoms with Crippen LogP contribution in [0.2, 0.25) is 0 Å². The van der Waals surface area contributed by atoms with E-state index in [1.54, 1.807) is 7.05 Å². The molecule has 1 aliphatic heterocycles. The van der Waals surface area contributed by atoms with Crippen molar-refractivity contribution in [3.8, 4) is 0 Å². The highest BCUT2D eigenvalue weighted by Gasteiger charge is 2.57. The molecular formula is C17H27NO4. The maximum Gasteiger partial charge on any atom is 0.232 e. The molecule has 1 heterocycles. The van der Waals surface area contributed by atoms with Crippen molar-refractivity contribution in [2.75, 3.05) is 20.3 Å². The molecule has 0 bridgehead atoms. The van der Waals surface area contributed by atoms with Crippen LogP contribution >= 0.6 is 0 Å². The van der Waals surface area contributed by atoms with Gasteiger partial charge in [0.15, 0.2) is 0 Å². The smallest absolute Gasteiger partial charge is 0.232 e. The second-order valence-electron chi connectivity index (χ2n) is 6.75. The summed E-state index contributed by atoms with van der Waals surface area (Å²) in [6.45, 7) is 5.35. The number of ether oxygens (including phenoxy) is 2. The summed E-state index contributed by atoms with van der Waals surface area (Å²) < 4.78 is 12.0. The molecule has 3 aliphatic rings. The molecule has 4 atom stereocenters. The van der Waals surface area contributed by atoms with Gasteiger partial charge in [0.2, 0.25) is 11.8 Å². The highest BCUT2D eigenvalue weighted by molar-refractivity contribution is 6.00. The van der Waals surface area contributed by atoms with E-state index in [9.17, 15) is 9.59 Å². The fourth-order valence-corrected chi connectivity index (χ4v) is 5.01. The Kier molecular flexibility index (Phi) is 4.55. The summed E-state index contributed by atoms with van der Waals surface area (Å²) in [6, 6.07) is 0. The summed E-state index contributed by atoms with van der Waals surface area (Å²) in [5.41, 5.74) is 0. The predicted octanol–water partition coefficient (Wildman–Crippen LogP) is 1.85. The summed E-state index contributed by atoms with van der Waals surface area (Å²) in [7, 11) is 1.64. The molecule has 0 aromatic rings. The Balaban J connectivity index is 1.94. The first kappa shape index (κ1) is 15.9. The van der Waals surface area contributed by atoms with Gasteiger partial charge in [0.25, 0.3) is 0 Å². The van der Waals surface area contributed by atoms with Gasteiger partial charge in [-0.15, -0.1) is 0 Å². The molecule has 4 unspecified atom stereocenters. The molecule has 2 amide bonds. The van der Waals surface area contributed by atoms with Gasteiger partial charge < -0.3 is 9.47 Å². The number of hydrogen-bond donors (Lipinski definition) is 0. The minimum absolute atomic E-state index is 0.00310. The fraction of sp³-hybridized carbons (Fsp3) is 0.882. The van der Waals surface area contributed by atoms with Crippen LogP contribution in [-0.2, 0) is 19.1 Å². The van der Waals surface area contributed by atoms with Crippen molar-refractivity contribution < 1.29 is 19.1 Å². The van der Waals surface area contributed by atoms with Gasteiger partial charge >= 0.3 is 0 Å². The van der Waals surface area contributed by atoms with Gasteiger partial charge in [-0.2, -0.15) is 0 Å². The lowest BCUT2D eigenvalue weighted by atomic mass is 9.56. The molecule has 0 N–H and O–H groups in total. The van der Waals surface area contributed by atoms with Gasteiger partial charge in [-0.3, -0.25) is 14.5 Å². The summed E-state index contributed by atoms with van der Waals surface area (Å²) >= 11 is 0. The number of piperidine rings is 1. The van der Waals surface area contributed by atoms with Crippen LogP contribution < -0.4 is 0 Å². The molecule has 0 aromatic heterocycles. The molecule has 5 heteroatoms. The highest BCUT2D eigenvalue weighted by Crippen LogP contribution is 2.51. The van der Waals surface area contributed by atoms with E-state index in [1.807, 2.05) is 13.8 Å². The van der Waals surface area contributed by atoms with Crippen LogP contribution in [-0.4, -0.2) is 49.2 Å². The second-order valence-corrected chi connectivity index (χ2v) is 6.75. The van der Waals surface area contributed by atoms with Crippen molar-refractivity contribution in [2.24, 2.45) is 23.7 Å². The zero-order chi connectivity index (χ0) is 15.9. The fourth-order valence-electron chi connectivity index (χ4n) is 5.01. The first-order valence-corrected chi connectivity index (χ1v) is 8.64. The summed E-state index contributed by atoms with van der Waals surface area (Å²) in [6.07, 6.45) is 3.69. The lowest BCUT2D eigenvalue weighted by molar-refractivity contribution is -0.185. The van der Waals surface area contributed by atoms with Crippen molar-refractivity contribution >= 4 is 11.8 Å². The minimum Gasteiger partial charge on any atom is -0.378 e. The number of likely N-dealkylation sites (tertiary alicyclic amines) is 1. The van der Waals surface area contributed by atoms with Crippen molar-refractivity contribution in [3.05, 3.63) is 0 Å². The van der Waals surface area contributed by atoms with E-state index in [4.69, 9.17) is 9.47 Å². The number of nitrogens with zero attached hydrogens (tertiary/aromatic N) is 1. The van der Waals surface area contributed by atoms with Crippen LogP contribution in [0.4, 0.5) is 0 Å². The third kappa shape index (κ3) is 2.38. The number of rotatable bonds is 4. The number of carbonyl (C=O) groups excluding carboxylic acids is 2. The number of hydrogen-bond acceptors (Lipinski definition) is 4. The quantitative estimate of drug-likeness (QED) is 0.744. The Morgan fingerprint density at radius 2 is 1.32 bits per heavy atom. The highest BCUT2D eigenvalue weighted by atomic mass is 16.5. The standard InChI is InChI=1S/C17H27NO4/c1-4-21-12-8-6-10-14-11(17(20)18(3)16(10)19)7-9-13(15(12)14)22-5-2/h10-15H,4-9H2,1-3H3. The average molecular weight is 309 g/mol. The van der Waals surface area contributed by atoms with Gasteiger partial charge in [-0.25, -0.2) is 0 Å². The van der Waals surface area contributed by atoms with Crippen molar-refractivity contribution in [2.45, 2.75) is 51.7 Å². The molecule has 0 aromatic carbocycles. The van der Waals surface area contributed by atoms with Crippen LogP contribution in [0, 0.1) is 23.7 Å². The molecule has 3 fully saturated rings. The Bertz CT molecular complexity index is 414. The zero-order valence-corrected chi connectivity index (χ0v) is 13.8. The van der Waals surface area contributed by atoms with Crippen molar-refractivity contribution in [3.63, 3.8) is 0 Å². The average Bonchev–Trinajstić information content (AvgIpc) is 2.52. The van der Waals surface area contributed by atoms with E-state index in [2.05, 4.69) is 0 Å². The maximum atomic E-state index is 12.6. The van der Waals surface area contributed by atoms with Crippen LogP contribution in [0.1, 0.15) is 39.5 Å². The van der Waals surface area contributed by atoms with Gasteiger partial charge in [-0.05, 0) is 45.4 Å². The minimum atomic E-state index is -0.0299. The van der Waals surface area contributed by atoms with E-state index >= 15 is 0 Å². The SMILES string of the molecule is CCOC1CCC2C(=O)N(C)C(=O)C3CCC(OCC)C1C23. The predicted molar refractivity (Wildman–Crippen MR) is 81.0 cm³/mol.